The van der Waals surface area contributed by atoms with Crippen LogP contribution in [0.3, 0.4) is 0 Å². The molecule has 4 heteroatoms. The van der Waals surface area contributed by atoms with Crippen molar-refractivity contribution in [1.29, 1.82) is 0 Å². The van der Waals surface area contributed by atoms with Crippen LogP contribution in [-0.2, 0) is 14.2 Å². The SMILES string of the molecule is C[C@@H]1CC[C@H](NC[C@H]2COC3(CCOCC3)O2)[C@@H](C)C1. The van der Waals surface area contributed by atoms with Gasteiger partial charge in [0.25, 0.3) is 0 Å². The summed E-state index contributed by atoms with van der Waals surface area (Å²) in [7, 11) is 0. The van der Waals surface area contributed by atoms with E-state index in [1.54, 1.807) is 0 Å². The number of rotatable bonds is 3. The van der Waals surface area contributed by atoms with Crippen molar-refractivity contribution in [1.82, 2.24) is 5.32 Å². The smallest absolute Gasteiger partial charge is 0.173 e. The van der Waals surface area contributed by atoms with Gasteiger partial charge in [0.2, 0.25) is 0 Å². The van der Waals surface area contributed by atoms with E-state index in [0.717, 1.165) is 51.0 Å². The minimum atomic E-state index is -0.336. The summed E-state index contributed by atoms with van der Waals surface area (Å²) in [4.78, 5) is 0. The lowest BCUT2D eigenvalue weighted by atomic mass is 9.80. The molecular weight excluding hydrogens is 254 g/mol. The third kappa shape index (κ3) is 3.35. The Kier molecular flexibility index (Phi) is 4.65. The van der Waals surface area contributed by atoms with Crippen molar-refractivity contribution in [3.63, 3.8) is 0 Å². The molecule has 0 aromatic carbocycles. The predicted molar refractivity (Wildman–Crippen MR) is 77.6 cm³/mol. The zero-order chi connectivity index (χ0) is 14.0. The molecule has 2 saturated heterocycles. The van der Waals surface area contributed by atoms with Crippen LogP contribution in [0.1, 0.15) is 46.0 Å². The second kappa shape index (κ2) is 6.30. The van der Waals surface area contributed by atoms with Crippen LogP contribution in [0, 0.1) is 11.8 Å². The molecule has 0 aromatic heterocycles. The highest BCUT2D eigenvalue weighted by molar-refractivity contribution is 4.85. The van der Waals surface area contributed by atoms with Gasteiger partial charge in [0.05, 0.1) is 25.9 Å². The Morgan fingerprint density at radius 2 is 1.95 bits per heavy atom. The lowest BCUT2D eigenvalue weighted by molar-refractivity contribution is -0.210. The van der Waals surface area contributed by atoms with Gasteiger partial charge in [-0.25, -0.2) is 0 Å². The lowest BCUT2D eigenvalue weighted by Gasteiger charge is -2.34. The van der Waals surface area contributed by atoms with Crippen molar-refractivity contribution in [2.75, 3.05) is 26.4 Å². The van der Waals surface area contributed by atoms with Crippen molar-refractivity contribution in [2.45, 2.75) is 63.9 Å². The monoisotopic (exact) mass is 283 g/mol. The second-order valence-corrected chi connectivity index (χ2v) is 6.98. The normalized spacial score (nSPS) is 41.1. The minimum absolute atomic E-state index is 0.208. The maximum absolute atomic E-state index is 6.17. The fourth-order valence-electron chi connectivity index (χ4n) is 3.91. The van der Waals surface area contributed by atoms with Crippen molar-refractivity contribution in [3.05, 3.63) is 0 Å². The summed E-state index contributed by atoms with van der Waals surface area (Å²) in [6, 6.07) is 0.654. The molecule has 1 spiro atoms. The molecule has 1 N–H and O–H groups in total. The number of ether oxygens (including phenoxy) is 3. The second-order valence-electron chi connectivity index (χ2n) is 6.98. The zero-order valence-corrected chi connectivity index (χ0v) is 12.9. The molecule has 3 fully saturated rings. The van der Waals surface area contributed by atoms with Crippen LogP contribution in [0.25, 0.3) is 0 Å². The molecule has 1 aliphatic carbocycles. The summed E-state index contributed by atoms with van der Waals surface area (Å²) in [6.07, 6.45) is 5.96. The van der Waals surface area contributed by atoms with Gasteiger partial charge in [-0.05, 0) is 31.1 Å². The maximum Gasteiger partial charge on any atom is 0.173 e. The van der Waals surface area contributed by atoms with Crippen LogP contribution in [-0.4, -0.2) is 44.3 Å². The molecule has 4 atom stereocenters. The van der Waals surface area contributed by atoms with Crippen LogP contribution in [0.4, 0.5) is 0 Å². The first-order valence-corrected chi connectivity index (χ1v) is 8.30. The first kappa shape index (κ1) is 14.8. The van der Waals surface area contributed by atoms with E-state index in [1.807, 2.05) is 0 Å². The fraction of sp³-hybridized carbons (Fsp3) is 1.00. The molecule has 116 valence electrons. The highest BCUT2D eigenvalue weighted by atomic mass is 16.7. The number of hydrogen-bond donors (Lipinski definition) is 1. The van der Waals surface area contributed by atoms with E-state index in [1.165, 1.54) is 19.3 Å². The molecule has 3 aliphatic rings. The Balaban J connectivity index is 1.43. The Bertz CT molecular complexity index is 317. The van der Waals surface area contributed by atoms with Gasteiger partial charge in [-0.3, -0.25) is 0 Å². The predicted octanol–water partition coefficient (Wildman–Crippen LogP) is 2.32. The summed E-state index contributed by atoms with van der Waals surface area (Å²) in [5.41, 5.74) is 0. The average Bonchev–Trinajstić information content (AvgIpc) is 2.82. The average molecular weight is 283 g/mol. The number of nitrogens with one attached hydrogen (secondary N) is 1. The van der Waals surface area contributed by atoms with Crippen molar-refractivity contribution in [3.8, 4) is 0 Å². The van der Waals surface area contributed by atoms with Gasteiger partial charge in [-0.15, -0.1) is 0 Å². The van der Waals surface area contributed by atoms with E-state index in [9.17, 15) is 0 Å². The first-order valence-electron chi connectivity index (χ1n) is 8.30. The molecule has 2 heterocycles. The van der Waals surface area contributed by atoms with Gasteiger partial charge >= 0.3 is 0 Å². The molecule has 1 saturated carbocycles. The highest BCUT2D eigenvalue weighted by Gasteiger charge is 2.42. The summed E-state index contributed by atoms with van der Waals surface area (Å²) in [5, 5.41) is 3.72. The van der Waals surface area contributed by atoms with Gasteiger partial charge in [0, 0.05) is 25.4 Å². The number of hydrogen-bond acceptors (Lipinski definition) is 4. The highest BCUT2D eigenvalue weighted by Crippen LogP contribution is 2.33. The first-order chi connectivity index (χ1) is 9.67. The van der Waals surface area contributed by atoms with E-state index in [2.05, 4.69) is 19.2 Å². The largest absolute Gasteiger partial charge is 0.381 e. The Hall–Kier alpha value is -0.160. The van der Waals surface area contributed by atoms with Crippen LogP contribution in [0.5, 0.6) is 0 Å². The molecule has 0 unspecified atom stereocenters. The Morgan fingerprint density at radius 3 is 2.70 bits per heavy atom. The molecule has 0 bridgehead atoms. The van der Waals surface area contributed by atoms with E-state index in [0.29, 0.717) is 6.04 Å². The van der Waals surface area contributed by atoms with Crippen LogP contribution in [0.2, 0.25) is 0 Å². The molecule has 0 radical (unpaired) electrons. The Labute approximate surface area is 122 Å². The standard InChI is InChI=1S/C16H29NO3/c1-12-3-4-15(13(2)9-12)17-10-14-11-19-16(20-14)5-7-18-8-6-16/h12-15,17H,3-11H2,1-2H3/t12-,13+,14+,15+/m1/s1. The molecule has 0 amide bonds. The van der Waals surface area contributed by atoms with Gasteiger partial charge in [0.15, 0.2) is 5.79 Å². The molecule has 3 rings (SSSR count). The van der Waals surface area contributed by atoms with Crippen LogP contribution < -0.4 is 5.32 Å². The Morgan fingerprint density at radius 1 is 1.15 bits per heavy atom. The van der Waals surface area contributed by atoms with E-state index in [4.69, 9.17) is 14.2 Å². The third-order valence-corrected chi connectivity index (χ3v) is 5.21. The maximum atomic E-state index is 6.17. The summed E-state index contributed by atoms with van der Waals surface area (Å²) >= 11 is 0. The molecule has 0 aromatic rings. The van der Waals surface area contributed by atoms with E-state index < -0.39 is 0 Å². The molecule has 2 aliphatic heterocycles. The van der Waals surface area contributed by atoms with Gasteiger partial charge in [-0.1, -0.05) is 13.8 Å². The minimum Gasteiger partial charge on any atom is -0.381 e. The summed E-state index contributed by atoms with van der Waals surface area (Å²) in [6.45, 7) is 7.92. The summed E-state index contributed by atoms with van der Waals surface area (Å²) < 4.78 is 17.5. The van der Waals surface area contributed by atoms with Gasteiger partial charge in [-0.2, -0.15) is 0 Å². The van der Waals surface area contributed by atoms with E-state index >= 15 is 0 Å². The molecule has 4 nitrogen and oxygen atoms in total. The molecule has 20 heavy (non-hydrogen) atoms. The third-order valence-electron chi connectivity index (χ3n) is 5.21. The van der Waals surface area contributed by atoms with Gasteiger partial charge in [0.1, 0.15) is 0 Å². The zero-order valence-electron chi connectivity index (χ0n) is 12.9. The van der Waals surface area contributed by atoms with Crippen LogP contribution in [0.15, 0.2) is 0 Å². The molecular formula is C16H29NO3. The fourth-order valence-corrected chi connectivity index (χ4v) is 3.91. The van der Waals surface area contributed by atoms with Crippen molar-refractivity contribution < 1.29 is 14.2 Å². The van der Waals surface area contributed by atoms with E-state index in [-0.39, 0.29) is 11.9 Å². The quantitative estimate of drug-likeness (QED) is 0.863. The lowest BCUT2D eigenvalue weighted by Crippen LogP contribution is -2.44. The van der Waals surface area contributed by atoms with Gasteiger partial charge < -0.3 is 19.5 Å². The topological polar surface area (TPSA) is 39.7 Å². The van der Waals surface area contributed by atoms with Crippen molar-refractivity contribution >= 4 is 0 Å². The van der Waals surface area contributed by atoms with Crippen LogP contribution >= 0.6 is 0 Å². The van der Waals surface area contributed by atoms with Crippen molar-refractivity contribution in [2.24, 2.45) is 11.8 Å². The summed E-state index contributed by atoms with van der Waals surface area (Å²) in [5.74, 6) is 1.33.